The number of amides is 2. The van der Waals surface area contributed by atoms with Crippen molar-refractivity contribution in [3.8, 4) is 22.7 Å². The van der Waals surface area contributed by atoms with Crippen LogP contribution in [0.15, 0.2) is 66.2 Å². The van der Waals surface area contributed by atoms with Crippen LogP contribution >= 0.6 is 11.3 Å². The van der Waals surface area contributed by atoms with Gasteiger partial charge in [0.15, 0.2) is 0 Å². The molecule has 0 saturated carbocycles. The predicted molar refractivity (Wildman–Crippen MR) is 153 cm³/mol. The Morgan fingerprint density at radius 2 is 1.97 bits per heavy atom. The Morgan fingerprint density at radius 1 is 1.15 bits per heavy atom. The highest BCUT2D eigenvalue weighted by molar-refractivity contribution is 7.12. The molecule has 5 rings (SSSR count). The molecule has 3 heterocycles. The van der Waals surface area contributed by atoms with E-state index in [0.29, 0.717) is 29.7 Å². The van der Waals surface area contributed by atoms with E-state index in [2.05, 4.69) is 25.2 Å². The van der Waals surface area contributed by atoms with E-state index in [1.807, 2.05) is 58.6 Å². The van der Waals surface area contributed by atoms with Gasteiger partial charge in [0.05, 0.1) is 23.8 Å². The van der Waals surface area contributed by atoms with E-state index in [1.165, 1.54) is 16.9 Å². The molecule has 8 nitrogen and oxygen atoms in total. The summed E-state index contributed by atoms with van der Waals surface area (Å²) in [5.74, 6) is 0.638. The number of carbonyl (C=O) groups excluding carboxylic acids is 2. The van der Waals surface area contributed by atoms with Crippen LogP contribution in [0.5, 0.6) is 5.75 Å². The lowest BCUT2D eigenvalue weighted by molar-refractivity contribution is -0.117. The second kappa shape index (κ2) is 11.8. The van der Waals surface area contributed by atoms with Gasteiger partial charge in [-0.05, 0) is 85.7 Å². The first kappa shape index (κ1) is 26.6. The summed E-state index contributed by atoms with van der Waals surface area (Å²) in [4.78, 5) is 33.6. The first-order chi connectivity index (χ1) is 18.9. The van der Waals surface area contributed by atoms with Crippen LogP contribution in [0.1, 0.15) is 33.6 Å². The molecule has 0 bridgehead atoms. The van der Waals surface area contributed by atoms with Crippen LogP contribution in [-0.4, -0.2) is 59.2 Å². The van der Waals surface area contributed by atoms with Crippen molar-refractivity contribution in [3.05, 3.63) is 82.2 Å². The highest BCUT2D eigenvalue weighted by Gasteiger charge is 2.26. The smallest absolute Gasteiger partial charge is 0.264 e. The highest BCUT2D eigenvalue weighted by atomic mass is 32.1. The van der Waals surface area contributed by atoms with Gasteiger partial charge in [0.1, 0.15) is 12.3 Å². The summed E-state index contributed by atoms with van der Waals surface area (Å²) in [6.45, 7) is 5.06. The zero-order valence-electron chi connectivity index (χ0n) is 22.3. The summed E-state index contributed by atoms with van der Waals surface area (Å²) >= 11 is 1.36. The molecule has 1 N–H and O–H groups in total. The number of aryl methyl sites for hydroxylation is 2. The number of nitrogens with one attached hydrogen (secondary N) is 1. The van der Waals surface area contributed by atoms with Crippen molar-refractivity contribution in [1.29, 1.82) is 0 Å². The van der Waals surface area contributed by atoms with Crippen molar-refractivity contribution in [3.63, 3.8) is 0 Å². The summed E-state index contributed by atoms with van der Waals surface area (Å²) in [5, 5.41) is 4.83. The third kappa shape index (κ3) is 6.21. The van der Waals surface area contributed by atoms with Gasteiger partial charge in [-0.15, -0.1) is 11.3 Å². The van der Waals surface area contributed by atoms with Crippen LogP contribution in [0.25, 0.3) is 16.9 Å². The largest absolute Gasteiger partial charge is 0.497 e. The van der Waals surface area contributed by atoms with Crippen molar-refractivity contribution in [2.75, 3.05) is 32.1 Å². The van der Waals surface area contributed by atoms with Crippen molar-refractivity contribution in [1.82, 2.24) is 14.5 Å². The topological polar surface area (TPSA) is 85.7 Å². The van der Waals surface area contributed by atoms with Gasteiger partial charge in [0.25, 0.3) is 5.91 Å². The van der Waals surface area contributed by atoms with E-state index >= 15 is 0 Å². The normalized spacial score (nSPS) is 14.8. The zero-order chi connectivity index (χ0) is 27.4. The van der Waals surface area contributed by atoms with Crippen LogP contribution in [-0.2, 0) is 9.53 Å². The zero-order valence-corrected chi connectivity index (χ0v) is 23.2. The Kier molecular flexibility index (Phi) is 8.09. The maximum Gasteiger partial charge on any atom is 0.264 e. The van der Waals surface area contributed by atoms with Gasteiger partial charge in [0, 0.05) is 30.6 Å². The van der Waals surface area contributed by atoms with Crippen LogP contribution in [0.4, 0.5) is 5.95 Å². The SMILES string of the molecule is COc1ccc(-c2cn(-c3ccc(C)c(C)c3)c(NC(=O)CN(C[C@@H]3CCCO3)C(=O)c3cccs3)n2)cc1. The van der Waals surface area contributed by atoms with Gasteiger partial charge in [-0.2, -0.15) is 0 Å². The number of carbonyl (C=O) groups is 2. The average molecular weight is 545 g/mol. The summed E-state index contributed by atoms with van der Waals surface area (Å²) < 4.78 is 12.9. The Balaban J connectivity index is 1.42. The Labute approximate surface area is 232 Å². The summed E-state index contributed by atoms with van der Waals surface area (Å²) in [7, 11) is 1.63. The highest BCUT2D eigenvalue weighted by Crippen LogP contribution is 2.27. The number of ether oxygens (including phenoxy) is 2. The van der Waals surface area contributed by atoms with E-state index in [1.54, 1.807) is 18.1 Å². The van der Waals surface area contributed by atoms with Gasteiger partial charge >= 0.3 is 0 Å². The molecule has 2 aromatic carbocycles. The van der Waals surface area contributed by atoms with Crippen molar-refractivity contribution in [2.24, 2.45) is 0 Å². The first-order valence-corrected chi connectivity index (χ1v) is 13.8. The fourth-order valence-electron chi connectivity index (χ4n) is 4.59. The molecule has 0 radical (unpaired) electrons. The second-order valence-electron chi connectivity index (χ2n) is 9.66. The third-order valence-corrected chi connectivity index (χ3v) is 7.77. The van der Waals surface area contributed by atoms with Gasteiger partial charge in [0.2, 0.25) is 11.9 Å². The maximum absolute atomic E-state index is 13.4. The minimum absolute atomic E-state index is 0.0686. The molecule has 2 amide bonds. The lowest BCUT2D eigenvalue weighted by Crippen LogP contribution is -2.42. The molecule has 1 saturated heterocycles. The standard InChI is InChI=1S/C30H32N4O4S/c1-20-8-11-23(16-21(20)2)34-18-26(22-9-12-24(37-3)13-10-22)31-30(34)32-28(35)19-33(17-25-6-4-14-38-25)29(36)27-7-5-15-39-27/h5,7-13,15-16,18,25H,4,6,14,17,19H2,1-3H3,(H,31,32,35)/t25-/m0/s1. The number of anilines is 1. The minimum atomic E-state index is -0.324. The van der Waals surface area contributed by atoms with Crippen LogP contribution in [0, 0.1) is 13.8 Å². The number of thiophene rings is 1. The van der Waals surface area contributed by atoms with Crippen LogP contribution in [0.3, 0.4) is 0 Å². The van der Waals surface area contributed by atoms with Crippen LogP contribution < -0.4 is 10.1 Å². The Bertz CT molecular complexity index is 1440. The van der Waals surface area contributed by atoms with Crippen molar-refractivity contribution >= 4 is 29.1 Å². The molecule has 9 heteroatoms. The minimum Gasteiger partial charge on any atom is -0.497 e. The molecule has 39 heavy (non-hydrogen) atoms. The molecular formula is C30H32N4O4S. The molecule has 0 aliphatic carbocycles. The molecule has 1 fully saturated rings. The molecule has 1 atom stereocenters. The number of benzene rings is 2. The molecule has 1 aliphatic rings. The number of imidazole rings is 1. The number of hydrogen-bond donors (Lipinski definition) is 1. The number of nitrogens with zero attached hydrogens (tertiary/aromatic N) is 3. The monoisotopic (exact) mass is 544 g/mol. The molecule has 1 aliphatic heterocycles. The Morgan fingerprint density at radius 3 is 2.64 bits per heavy atom. The molecular weight excluding hydrogens is 512 g/mol. The molecule has 0 spiro atoms. The first-order valence-electron chi connectivity index (χ1n) is 13.0. The number of methoxy groups -OCH3 is 1. The van der Waals surface area contributed by atoms with E-state index in [-0.39, 0.29) is 24.5 Å². The fourth-order valence-corrected chi connectivity index (χ4v) is 5.28. The number of hydrogen-bond acceptors (Lipinski definition) is 6. The maximum atomic E-state index is 13.4. The second-order valence-corrected chi connectivity index (χ2v) is 10.6. The lowest BCUT2D eigenvalue weighted by atomic mass is 10.1. The summed E-state index contributed by atoms with van der Waals surface area (Å²) in [6.07, 6.45) is 3.67. The van der Waals surface area contributed by atoms with E-state index in [9.17, 15) is 9.59 Å². The molecule has 4 aromatic rings. The van der Waals surface area contributed by atoms with E-state index < -0.39 is 0 Å². The van der Waals surface area contributed by atoms with Gasteiger partial charge in [-0.1, -0.05) is 12.1 Å². The average Bonchev–Trinajstić information content (AvgIpc) is 3.72. The predicted octanol–water partition coefficient (Wildman–Crippen LogP) is 5.49. The molecule has 0 unspecified atom stereocenters. The van der Waals surface area contributed by atoms with Gasteiger partial charge < -0.3 is 14.4 Å². The fraction of sp³-hybridized carbons (Fsp3) is 0.300. The molecule has 202 valence electrons. The van der Waals surface area contributed by atoms with Crippen molar-refractivity contribution in [2.45, 2.75) is 32.8 Å². The van der Waals surface area contributed by atoms with Gasteiger partial charge in [-0.3, -0.25) is 19.5 Å². The van der Waals surface area contributed by atoms with E-state index in [4.69, 9.17) is 14.5 Å². The quantitative estimate of drug-likeness (QED) is 0.301. The lowest BCUT2D eigenvalue weighted by Gasteiger charge is -2.24. The third-order valence-electron chi connectivity index (χ3n) is 6.91. The summed E-state index contributed by atoms with van der Waals surface area (Å²) in [5.41, 5.74) is 4.79. The summed E-state index contributed by atoms with van der Waals surface area (Å²) in [6, 6.07) is 17.3. The van der Waals surface area contributed by atoms with E-state index in [0.717, 1.165) is 35.4 Å². The van der Waals surface area contributed by atoms with Gasteiger partial charge in [-0.25, -0.2) is 4.98 Å². The number of aromatic nitrogens is 2. The molecule has 2 aromatic heterocycles. The Hall–Kier alpha value is -3.95. The number of rotatable bonds is 9. The van der Waals surface area contributed by atoms with Crippen LogP contribution in [0.2, 0.25) is 0 Å². The van der Waals surface area contributed by atoms with Crippen molar-refractivity contribution < 1.29 is 19.1 Å².